The molecule has 0 saturated carbocycles. The molecule has 0 aliphatic carbocycles. The molecule has 0 spiro atoms. The summed E-state index contributed by atoms with van der Waals surface area (Å²) in [5.41, 5.74) is 8.10. The van der Waals surface area contributed by atoms with Crippen molar-refractivity contribution in [2.75, 3.05) is 5.73 Å². The third kappa shape index (κ3) is 1.96. The number of aromatic nitrogens is 4. The molecule has 0 atom stereocenters. The van der Waals surface area contributed by atoms with Crippen molar-refractivity contribution in [2.24, 2.45) is 0 Å². The van der Waals surface area contributed by atoms with Crippen LogP contribution in [0.2, 0.25) is 4.34 Å². The number of hydrogen-bond acceptors (Lipinski definition) is 5. The summed E-state index contributed by atoms with van der Waals surface area (Å²) in [7, 11) is 0. The molecule has 3 aromatic rings. The molecular formula is C11H8ClN5S. The van der Waals surface area contributed by atoms with E-state index < -0.39 is 0 Å². The smallest absolute Gasteiger partial charge is 0.250 e. The molecule has 0 aliphatic rings. The molecule has 5 nitrogen and oxygen atoms in total. The molecule has 0 unspecified atom stereocenters. The summed E-state index contributed by atoms with van der Waals surface area (Å²) in [5, 5.41) is 6.29. The van der Waals surface area contributed by atoms with Crippen molar-refractivity contribution >= 4 is 28.6 Å². The standard InChI is InChI=1S/C11H8ClN5S/c12-9-4-7(6-18-9)10-8(13)5-17(16-10)11-14-2-1-3-15-11/h1-6H,13H2. The number of nitrogens with zero attached hydrogens (tertiary/aromatic N) is 4. The minimum atomic E-state index is 0.483. The largest absolute Gasteiger partial charge is 0.396 e. The van der Waals surface area contributed by atoms with E-state index in [4.69, 9.17) is 17.3 Å². The third-order valence-corrected chi connectivity index (χ3v) is 3.43. The number of hydrogen-bond donors (Lipinski definition) is 1. The van der Waals surface area contributed by atoms with E-state index in [-0.39, 0.29) is 0 Å². The Labute approximate surface area is 112 Å². The second-order valence-corrected chi connectivity index (χ2v) is 5.11. The minimum Gasteiger partial charge on any atom is -0.396 e. The van der Waals surface area contributed by atoms with Crippen LogP contribution in [0.4, 0.5) is 5.69 Å². The van der Waals surface area contributed by atoms with Gasteiger partial charge in [-0.05, 0) is 12.1 Å². The Morgan fingerprint density at radius 1 is 1.28 bits per heavy atom. The molecule has 0 aliphatic heterocycles. The first-order valence-electron chi connectivity index (χ1n) is 5.11. The number of rotatable bonds is 2. The van der Waals surface area contributed by atoms with Gasteiger partial charge < -0.3 is 5.73 Å². The Morgan fingerprint density at radius 3 is 2.72 bits per heavy atom. The van der Waals surface area contributed by atoms with Gasteiger partial charge in [0.2, 0.25) is 0 Å². The van der Waals surface area contributed by atoms with E-state index in [1.807, 2.05) is 11.4 Å². The maximum absolute atomic E-state index is 5.94. The summed E-state index contributed by atoms with van der Waals surface area (Å²) in [6, 6.07) is 3.58. The second kappa shape index (κ2) is 4.40. The number of halogens is 1. The number of thiophene rings is 1. The van der Waals surface area contributed by atoms with Crippen molar-refractivity contribution in [1.82, 2.24) is 19.7 Å². The normalized spacial score (nSPS) is 10.7. The average molecular weight is 278 g/mol. The van der Waals surface area contributed by atoms with Crippen LogP contribution in [0.1, 0.15) is 0 Å². The van der Waals surface area contributed by atoms with Crippen LogP contribution in [-0.2, 0) is 0 Å². The van der Waals surface area contributed by atoms with Gasteiger partial charge in [-0.25, -0.2) is 14.6 Å². The fourth-order valence-corrected chi connectivity index (χ4v) is 2.42. The fraction of sp³-hybridized carbons (Fsp3) is 0. The molecule has 0 amide bonds. The molecule has 3 heterocycles. The zero-order valence-corrected chi connectivity index (χ0v) is 10.7. The van der Waals surface area contributed by atoms with Crippen molar-refractivity contribution in [2.45, 2.75) is 0 Å². The van der Waals surface area contributed by atoms with Gasteiger partial charge in [0.25, 0.3) is 5.95 Å². The predicted molar refractivity (Wildman–Crippen MR) is 71.9 cm³/mol. The SMILES string of the molecule is Nc1cn(-c2ncccn2)nc1-c1csc(Cl)c1. The van der Waals surface area contributed by atoms with Crippen molar-refractivity contribution in [1.29, 1.82) is 0 Å². The highest BCUT2D eigenvalue weighted by Gasteiger charge is 2.12. The summed E-state index contributed by atoms with van der Waals surface area (Å²) < 4.78 is 2.26. The molecule has 90 valence electrons. The van der Waals surface area contributed by atoms with E-state index in [0.717, 1.165) is 5.56 Å². The van der Waals surface area contributed by atoms with Crippen LogP contribution in [-0.4, -0.2) is 19.7 Å². The van der Waals surface area contributed by atoms with E-state index in [0.29, 0.717) is 21.7 Å². The lowest BCUT2D eigenvalue weighted by Gasteiger charge is -1.96. The quantitative estimate of drug-likeness (QED) is 0.782. The monoisotopic (exact) mass is 277 g/mol. The molecular weight excluding hydrogens is 270 g/mol. The topological polar surface area (TPSA) is 69.6 Å². The lowest BCUT2D eigenvalue weighted by molar-refractivity contribution is 0.811. The molecule has 7 heteroatoms. The highest BCUT2D eigenvalue weighted by molar-refractivity contribution is 7.14. The number of anilines is 1. The number of nitrogens with two attached hydrogens (primary N) is 1. The molecule has 0 fully saturated rings. The van der Waals surface area contributed by atoms with Crippen LogP contribution in [0, 0.1) is 0 Å². The summed E-state index contributed by atoms with van der Waals surface area (Å²) >= 11 is 7.35. The van der Waals surface area contributed by atoms with Crippen molar-refractivity contribution in [3.8, 4) is 17.2 Å². The van der Waals surface area contributed by atoms with E-state index in [9.17, 15) is 0 Å². The van der Waals surface area contributed by atoms with Crippen LogP contribution < -0.4 is 5.73 Å². The first kappa shape index (κ1) is 11.2. The van der Waals surface area contributed by atoms with E-state index in [2.05, 4.69) is 15.1 Å². The first-order chi connectivity index (χ1) is 8.74. The third-order valence-electron chi connectivity index (χ3n) is 2.34. The van der Waals surface area contributed by atoms with Crippen LogP contribution in [0.5, 0.6) is 0 Å². The average Bonchev–Trinajstić information content (AvgIpc) is 2.97. The zero-order valence-electron chi connectivity index (χ0n) is 9.12. The van der Waals surface area contributed by atoms with E-state index >= 15 is 0 Å². The van der Waals surface area contributed by atoms with E-state index in [1.54, 1.807) is 29.3 Å². The first-order valence-corrected chi connectivity index (χ1v) is 6.37. The highest BCUT2D eigenvalue weighted by atomic mass is 35.5. The summed E-state index contributed by atoms with van der Waals surface area (Å²) in [6.07, 6.45) is 5.00. The van der Waals surface area contributed by atoms with Gasteiger partial charge in [0.15, 0.2) is 0 Å². The zero-order chi connectivity index (χ0) is 12.5. The number of nitrogen functional groups attached to an aromatic ring is 1. The molecule has 2 N–H and O–H groups in total. The van der Waals surface area contributed by atoms with Gasteiger partial charge >= 0.3 is 0 Å². The van der Waals surface area contributed by atoms with Gasteiger partial charge in [-0.2, -0.15) is 5.10 Å². The molecule has 0 radical (unpaired) electrons. The Kier molecular flexibility index (Phi) is 2.73. The van der Waals surface area contributed by atoms with Crippen molar-refractivity contribution in [3.63, 3.8) is 0 Å². The van der Waals surface area contributed by atoms with Crippen LogP contribution >= 0.6 is 22.9 Å². The van der Waals surface area contributed by atoms with Gasteiger partial charge in [0, 0.05) is 23.3 Å². The highest BCUT2D eigenvalue weighted by Crippen LogP contribution is 2.31. The lowest BCUT2D eigenvalue weighted by Crippen LogP contribution is -2.00. The van der Waals surface area contributed by atoms with Crippen LogP contribution in [0.3, 0.4) is 0 Å². The Morgan fingerprint density at radius 2 is 2.06 bits per heavy atom. The maximum Gasteiger partial charge on any atom is 0.250 e. The molecule has 0 saturated heterocycles. The van der Waals surface area contributed by atoms with Crippen LogP contribution in [0.15, 0.2) is 36.1 Å². The predicted octanol–water partition coefficient (Wildman–Crippen LogP) is 2.63. The van der Waals surface area contributed by atoms with Gasteiger partial charge in [0.05, 0.1) is 16.2 Å². The Bertz CT molecular complexity index is 676. The van der Waals surface area contributed by atoms with Gasteiger partial charge in [0.1, 0.15) is 5.69 Å². The minimum absolute atomic E-state index is 0.483. The Balaban J connectivity index is 2.06. The fourth-order valence-electron chi connectivity index (χ4n) is 1.56. The summed E-state index contributed by atoms with van der Waals surface area (Å²) in [4.78, 5) is 8.23. The van der Waals surface area contributed by atoms with Crippen molar-refractivity contribution < 1.29 is 0 Å². The van der Waals surface area contributed by atoms with Gasteiger partial charge in [-0.1, -0.05) is 11.6 Å². The van der Waals surface area contributed by atoms with Gasteiger partial charge in [-0.15, -0.1) is 11.3 Å². The van der Waals surface area contributed by atoms with E-state index in [1.165, 1.54) is 11.3 Å². The second-order valence-electron chi connectivity index (χ2n) is 3.57. The molecule has 3 aromatic heterocycles. The molecule has 0 aromatic carbocycles. The molecule has 0 bridgehead atoms. The van der Waals surface area contributed by atoms with Gasteiger partial charge in [-0.3, -0.25) is 0 Å². The lowest BCUT2D eigenvalue weighted by atomic mass is 10.2. The Hall–Kier alpha value is -1.92. The molecule has 3 rings (SSSR count). The van der Waals surface area contributed by atoms with Crippen molar-refractivity contribution in [3.05, 3.63) is 40.4 Å². The summed E-state index contributed by atoms with van der Waals surface area (Å²) in [6.45, 7) is 0. The summed E-state index contributed by atoms with van der Waals surface area (Å²) in [5.74, 6) is 0.483. The molecule has 18 heavy (non-hydrogen) atoms. The maximum atomic E-state index is 5.94. The van der Waals surface area contributed by atoms with Crippen LogP contribution in [0.25, 0.3) is 17.2 Å².